The van der Waals surface area contributed by atoms with E-state index in [1.807, 2.05) is 0 Å². The Labute approximate surface area is 117 Å². The zero-order chi connectivity index (χ0) is 14.8. The molecule has 2 rings (SSSR count). The minimum Gasteiger partial charge on any atom is -0.366 e. The van der Waals surface area contributed by atoms with Crippen LogP contribution in [-0.4, -0.2) is 43.3 Å². The number of hydrogen-bond acceptors (Lipinski definition) is 4. The van der Waals surface area contributed by atoms with Crippen molar-refractivity contribution in [1.29, 1.82) is 0 Å². The van der Waals surface area contributed by atoms with Gasteiger partial charge in [0, 0.05) is 44.5 Å². The third-order valence-electron chi connectivity index (χ3n) is 3.34. The molecule has 0 aromatic carbocycles. The monoisotopic (exact) mass is 299 g/mol. The van der Waals surface area contributed by atoms with E-state index in [1.165, 1.54) is 25.4 Å². The van der Waals surface area contributed by atoms with Gasteiger partial charge in [0.05, 0.1) is 0 Å². The molecule has 0 bridgehead atoms. The molecule has 0 spiro atoms. The summed E-state index contributed by atoms with van der Waals surface area (Å²) in [5.74, 6) is -0.00851. The Balaban J connectivity index is 2.06. The van der Waals surface area contributed by atoms with Crippen molar-refractivity contribution in [2.45, 2.75) is 30.7 Å². The summed E-state index contributed by atoms with van der Waals surface area (Å²) in [7, 11) is -3.83. The molecule has 0 atom stereocenters. The van der Waals surface area contributed by atoms with Gasteiger partial charge in [-0.1, -0.05) is 0 Å². The fourth-order valence-electron chi connectivity index (χ4n) is 2.21. The van der Waals surface area contributed by atoms with Crippen molar-refractivity contribution < 1.29 is 13.2 Å². The molecule has 1 aliphatic rings. The topological polar surface area (TPSA) is 99.3 Å². The van der Waals surface area contributed by atoms with Gasteiger partial charge in [-0.3, -0.25) is 9.59 Å². The molecule has 2 heterocycles. The van der Waals surface area contributed by atoms with Crippen LogP contribution in [0.2, 0.25) is 0 Å². The number of piperidine rings is 1. The molecule has 1 saturated heterocycles. The third-order valence-corrected chi connectivity index (χ3v) is 4.88. The molecule has 0 unspecified atom stereocenters. The molecule has 1 fully saturated rings. The van der Waals surface area contributed by atoms with Crippen molar-refractivity contribution in [2.75, 3.05) is 13.1 Å². The Morgan fingerprint density at radius 3 is 2.60 bits per heavy atom. The first-order valence-electron chi connectivity index (χ1n) is 6.35. The van der Waals surface area contributed by atoms with Crippen molar-refractivity contribution in [3.63, 3.8) is 0 Å². The van der Waals surface area contributed by atoms with Crippen molar-refractivity contribution >= 4 is 15.9 Å². The van der Waals surface area contributed by atoms with Gasteiger partial charge in [0.25, 0.3) is 0 Å². The highest BCUT2D eigenvalue weighted by molar-refractivity contribution is 7.89. The van der Waals surface area contributed by atoms with Gasteiger partial charge in [-0.25, -0.2) is 13.1 Å². The molecule has 1 aromatic rings. The van der Waals surface area contributed by atoms with E-state index in [-0.39, 0.29) is 16.8 Å². The average Bonchev–Trinajstić information content (AvgIpc) is 2.39. The van der Waals surface area contributed by atoms with E-state index in [2.05, 4.69) is 9.71 Å². The van der Waals surface area contributed by atoms with Gasteiger partial charge < -0.3 is 9.88 Å². The molecular weight excluding hydrogens is 282 g/mol. The fourth-order valence-corrected chi connectivity index (χ4v) is 3.56. The lowest BCUT2D eigenvalue weighted by Gasteiger charge is -2.31. The molecule has 7 nitrogen and oxygen atoms in total. The second-order valence-electron chi connectivity index (χ2n) is 4.77. The number of aromatic amines is 1. The summed E-state index contributed by atoms with van der Waals surface area (Å²) in [5.41, 5.74) is -0.544. The Hall–Kier alpha value is -1.67. The molecule has 0 saturated carbocycles. The minimum absolute atomic E-state index is 0.00851. The number of amides is 1. The molecule has 0 radical (unpaired) electrons. The number of H-pyrrole nitrogens is 1. The van der Waals surface area contributed by atoms with Crippen LogP contribution in [0.25, 0.3) is 0 Å². The van der Waals surface area contributed by atoms with Crippen molar-refractivity contribution in [3.05, 3.63) is 28.7 Å². The van der Waals surface area contributed by atoms with Crippen LogP contribution in [-0.2, 0) is 14.8 Å². The number of sulfonamides is 1. The van der Waals surface area contributed by atoms with Gasteiger partial charge in [0.2, 0.25) is 21.4 Å². The van der Waals surface area contributed by atoms with E-state index >= 15 is 0 Å². The van der Waals surface area contributed by atoms with Gasteiger partial charge >= 0.3 is 0 Å². The molecule has 0 aliphatic carbocycles. The average molecular weight is 299 g/mol. The summed E-state index contributed by atoms with van der Waals surface area (Å²) >= 11 is 0. The molecule has 2 N–H and O–H groups in total. The van der Waals surface area contributed by atoms with Crippen molar-refractivity contribution in [2.24, 2.45) is 0 Å². The second kappa shape index (κ2) is 5.76. The highest BCUT2D eigenvalue weighted by atomic mass is 32.2. The van der Waals surface area contributed by atoms with Crippen LogP contribution in [0.3, 0.4) is 0 Å². The van der Waals surface area contributed by atoms with E-state index < -0.39 is 15.5 Å². The highest BCUT2D eigenvalue weighted by Gasteiger charge is 2.26. The second-order valence-corrected chi connectivity index (χ2v) is 6.46. The smallest absolute Gasteiger partial charge is 0.246 e. The van der Waals surface area contributed by atoms with Crippen LogP contribution in [0, 0.1) is 0 Å². The molecule has 8 heteroatoms. The normalized spacial score (nSPS) is 17.1. The minimum atomic E-state index is -3.83. The van der Waals surface area contributed by atoms with Crippen LogP contribution < -0.4 is 10.2 Å². The van der Waals surface area contributed by atoms with Crippen molar-refractivity contribution in [3.8, 4) is 0 Å². The van der Waals surface area contributed by atoms with E-state index in [0.717, 1.165) is 0 Å². The van der Waals surface area contributed by atoms with Crippen LogP contribution in [0.4, 0.5) is 0 Å². The lowest BCUT2D eigenvalue weighted by molar-refractivity contribution is -0.129. The van der Waals surface area contributed by atoms with Crippen LogP contribution in [0.15, 0.2) is 28.2 Å². The molecule has 1 aromatic heterocycles. The number of carbonyl (C=O) groups excluding carboxylic acids is 1. The van der Waals surface area contributed by atoms with Gasteiger partial charge in [0.1, 0.15) is 4.90 Å². The number of hydrogen-bond donors (Lipinski definition) is 2. The maximum Gasteiger partial charge on any atom is 0.246 e. The zero-order valence-corrected chi connectivity index (χ0v) is 11.9. The maximum absolute atomic E-state index is 12.1. The van der Waals surface area contributed by atoms with Gasteiger partial charge in [-0.05, 0) is 12.8 Å². The van der Waals surface area contributed by atoms with Gasteiger partial charge in [0.15, 0.2) is 0 Å². The maximum atomic E-state index is 12.1. The molecule has 20 heavy (non-hydrogen) atoms. The third kappa shape index (κ3) is 3.26. The predicted molar refractivity (Wildman–Crippen MR) is 72.7 cm³/mol. The highest BCUT2D eigenvalue weighted by Crippen LogP contribution is 2.13. The molecular formula is C12H17N3O4S. The van der Waals surface area contributed by atoms with Crippen LogP contribution in [0.1, 0.15) is 19.8 Å². The summed E-state index contributed by atoms with van der Waals surface area (Å²) in [6.45, 7) is 2.54. The number of carbonyl (C=O) groups is 1. The zero-order valence-electron chi connectivity index (χ0n) is 11.1. The number of rotatable bonds is 3. The quantitative estimate of drug-likeness (QED) is 0.798. The summed E-state index contributed by atoms with van der Waals surface area (Å²) < 4.78 is 26.8. The molecule has 1 amide bonds. The van der Waals surface area contributed by atoms with Crippen LogP contribution >= 0.6 is 0 Å². The number of aromatic nitrogens is 1. The molecule has 1 aliphatic heterocycles. The first-order valence-corrected chi connectivity index (χ1v) is 7.83. The van der Waals surface area contributed by atoms with Crippen LogP contribution in [0.5, 0.6) is 0 Å². The van der Waals surface area contributed by atoms with E-state index in [4.69, 9.17) is 0 Å². The van der Waals surface area contributed by atoms with E-state index in [0.29, 0.717) is 25.9 Å². The largest absolute Gasteiger partial charge is 0.366 e. The number of pyridine rings is 1. The Morgan fingerprint density at radius 1 is 1.40 bits per heavy atom. The van der Waals surface area contributed by atoms with Crippen molar-refractivity contribution in [1.82, 2.24) is 14.6 Å². The van der Waals surface area contributed by atoms with Gasteiger partial charge in [-0.2, -0.15) is 0 Å². The Morgan fingerprint density at radius 2 is 2.05 bits per heavy atom. The lowest BCUT2D eigenvalue weighted by Crippen LogP contribution is -2.46. The lowest BCUT2D eigenvalue weighted by atomic mass is 10.1. The summed E-state index contributed by atoms with van der Waals surface area (Å²) in [4.78, 5) is 26.7. The van der Waals surface area contributed by atoms with E-state index in [9.17, 15) is 18.0 Å². The first kappa shape index (κ1) is 14.7. The summed E-state index contributed by atoms with van der Waals surface area (Å²) in [6.07, 6.45) is 3.65. The van der Waals surface area contributed by atoms with Gasteiger partial charge in [-0.15, -0.1) is 0 Å². The first-order chi connectivity index (χ1) is 9.40. The summed E-state index contributed by atoms with van der Waals surface area (Å²) in [5, 5.41) is 0. The standard InChI is InChI=1S/C12H17N3O4S/c1-9(16)15-6-3-10(4-7-15)14-20(18,19)12-8-13-5-2-11(12)17/h2,5,8,10,14H,3-4,6-7H2,1H3,(H,13,17). The Bertz CT molecular complexity index is 645. The molecule has 110 valence electrons. The number of likely N-dealkylation sites (tertiary alicyclic amines) is 1. The number of nitrogens with zero attached hydrogens (tertiary/aromatic N) is 1. The summed E-state index contributed by atoms with van der Waals surface area (Å²) in [6, 6.07) is 0.919. The predicted octanol–water partition coefficient (Wildman–Crippen LogP) is -0.336. The fraction of sp³-hybridized carbons (Fsp3) is 0.500. The Kier molecular flexibility index (Phi) is 4.24. The SMILES string of the molecule is CC(=O)N1CCC(NS(=O)(=O)c2c[nH]ccc2=O)CC1. The number of nitrogens with one attached hydrogen (secondary N) is 2. The van der Waals surface area contributed by atoms with E-state index in [1.54, 1.807) is 4.90 Å².